The van der Waals surface area contributed by atoms with Gasteiger partial charge in [-0.3, -0.25) is 0 Å². The zero-order chi connectivity index (χ0) is 15.4. The fourth-order valence-corrected chi connectivity index (χ4v) is 2.54. The second-order valence-electron chi connectivity index (χ2n) is 6.41. The summed E-state index contributed by atoms with van der Waals surface area (Å²) in [6.45, 7) is 11.0. The van der Waals surface area contributed by atoms with Crippen LogP contribution >= 0.6 is 0 Å². The van der Waals surface area contributed by atoms with Crippen LogP contribution in [-0.4, -0.2) is 19.4 Å². The molecule has 0 radical (unpaired) electrons. The number of rotatable bonds is 5. The summed E-state index contributed by atoms with van der Waals surface area (Å²) in [5.41, 5.74) is 1.02. The number of carboxylic acids is 1. The first-order chi connectivity index (χ1) is 9.13. The number of carbonyl (C=O) groups is 1. The third-order valence-corrected chi connectivity index (χ3v) is 8.08. The Labute approximate surface area is 122 Å². The second kappa shape index (κ2) is 6.26. The van der Waals surface area contributed by atoms with Crippen molar-refractivity contribution in [3.05, 3.63) is 42.0 Å². The predicted octanol–water partition coefficient (Wildman–Crippen LogP) is 4.25. The minimum Gasteiger partial charge on any atom is -0.543 e. The van der Waals surface area contributed by atoms with Gasteiger partial charge in [-0.1, -0.05) is 45.0 Å². The molecule has 4 heteroatoms. The van der Waals surface area contributed by atoms with E-state index in [1.54, 1.807) is 6.08 Å². The highest BCUT2D eigenvalue weighted by Gasteiger charge is 2.39. The smallest absolute Gasteiger partial charge is 0.327 e. The molecule has 0 heterocycles. The lowest BCUT2D eigenvalue weighted by atomic mass is 10.1. The monoisotopic (exact) mass is 292 g/mol. The van der Waals surface area contributed by atoms with Crippen LogP contribution in [0.2, 0.25) is 18.1 Å². The van der Waals surface area contributed by atoms with E-state index in [1.165, 1.54) is 6.08 Å². The molecule has 1 N–H and O–H groups in total. The first kappa shape index (κ1) is 16.5. The van der Waals surface area contributed by atoms with Crippen molar-refractivity contribution in [1.82, 2.24) is 0 Å². The average Bonchev–Trinajstić information content (AvgIpc) is 2.29. The van der Waals surface area contributed by atoms with Gasteiger partial charge in [0.25, 0.3) is 0 Å². The normalized spacial score (nSPS) is 12.7. The van der Waals surface area contributed by atoms with Crippen molar-refractivity contribution in [3.8, 4) is 5.75 Å². The van der Waals surface area contributed by atoms with Crippen LogP contribution in [0.15, 0.2) is 36.4 Å². The fraction of sp³-hybridized carbons (Fsp3) is 0.438. The zero-order valence-electron chi connectivity index (χ0n) is 12.9. The molecule has 0 saturated carbocycles. The van der Waals surface area contributed by atoms with E-state index in [0.29, 0.717) is 6.42 Å². The fourth-order valence-electron chi connectivity index (χ4n) is 1.49. The third kappa shape index (κ3) is 4.53. The molecule has 0 atom stereocenters. The standard InChI is InChI=1S/C16H24O3Si/c1-16(2,3)20(4,5)19-14-11-7-6-9-13(14)10-8-12-15(17)18/h6-9,11-12H,10H2,1-5H3,(H,17,18). The van der Waals surface area contributed by atoms with Gasteiger partial charge >= 0.3 is 5.97 Å². The third-order valence-electron chi connectivity index (χ3n) is 3.74. The number of benzene rings is 1. The van der Waals surface area contributed by atoms with Crippen LogP contribution in [0.5, 0.6) is 5.75 Å². The minimum atomic E-state index is -1.88. The summed E-state index contributed by atoms with van der Waals surface area (Å²) in [5, 5.41) is 8.78. The van der Waals surface area contributed by atoms with E-state index < -0.39 is 14.3 Å². The maximum Gasteiger partial charge on any atom is 0.327 e. The number of aliphatic carboxylic acids is 1. The predicted molar refractivity (Wildman–Crippen MR) is 84.7 cm³/mol. The van der Waals surface area contributed by atoms with Gasteiger partial charge in [-0.15, -0.1) is 0 Å². The Kier molecular flexibility index (Phi) is 5.17. The number of hydrogen-bond donors (Lipinski definition) is 1. The number of hydrogen-bond acceptors (Lipinski definition) is 2. The molecule has 0 amide bonds. The Balaban J connectivity index is 2.94. The Morgan fingerprint density at radius 3 is 2.45 bits per heavy atom. The highest BCUT2D eigenvalue weighted by atomic mass is 28.4. The van der Waals surface area contributed by atoms with E-state index in [1.807, 2.05) is 24.3 Å². The van der Waals surface area contributed by atoms with Gasteiger partial charge < -0.3 is 9.53 Å². The van der Waals surface area contributed by atoms with Gasteiger partial charge in [0.2, 0.25) is 8.32 Å². The number of carboxylic acid groups (broad SMARTS) is 1. The highest BCUT2D eigenvalue weighted by Crippen LogP contribution is 2.38. The zero-order valence-corrected chi connectivity index (χ0v) is 13.9. The van der Waals surface area contributed by atoms with Crippen LogP contribution in [-0.2, 0) is 11.2 Å². The van der Waals surface area contributed by atoms with E-state index >= 15 is 0 Å². The van der Waals surface area contributed by atoms with Crippen LogP contribution in [0.1, 0.15) is 26.3 Å². The average molecular weight is 292 g/mol. The summed E-state index contributed by atoms with van der Waals surface area (Å²) >= 11 is 0. The minimum absolute atomic E-state index is 0.136. The quantitative estimate of drug-likeness (QED) is 0.651. The molecule has 20 heavy (non-hydrogen) atoms. The topological polar surface area (TPSA) is 46.5 Å². The van der Waals surface area contributed by atoms with Crippen molar-refractivity contribution in [1.29, 1.82) is 0 Å². The molecule has 1 rings (SSSR count). The Bertz CT molecular complexity index is 499. The van der Waals surface area contributed by atoms with E-state index in [-0.39, 0.29) is 5.04 Å². The lowest BCUT2D eigenvalue weighted by molar-refractivity contribution is -0.131. The Hall–Kier alpha value is -1.55. The number of para-hydroxylation sites is 1. The van der Waals surface area contributed by atoms with Crippen molar-refractivity contribution in [2.24, 2.45) is 0 Å². The molecule has 0 spiro atoms. The van der Waals surface area contributed by atoms with E-state index in [0.717, 1.165) is 11.3 Å². The van der Waals surface area contributed by atoms with Gasteiger partial charge in [-0.2, -0.15) is 0 Å². The van der Waals surface area contributed by atoms with Gasteiger partial charge in [0.05, 0.1) is 0 Å². The van der Waals surface area contributed by atoms with Crippen molar-refractivity contribution < 1.29 is 14.3 Å². The molecule has 1 aromatic rings. The first-order valence-corrected chi connectivity index (χ1v) is 9.71. The van der Waals surface area contributed by atoms with Crippen LogP contribution in [0.25, 0.3) is 0 Å². The maximum atomic E-state index is 10.5. The van der Waals surface area contributed by atoms with Gasteiger partial charge in [0.1, 0.15) is 5.75 Å². The molecule has 0 saturated heterocycles. The molecule has 0 aromatic heterocycles. The highest BCUT2D eigenvalue weighted by molar-refractivity contribution is 6.74. The van der Waals surface area contributed by atoms with Gasteiger partial charge in [0, 0.05) is 6.08 Å². The van der Waals surface area contributed by atoms with Crippen molar-refractivity contribution in [3.63, 3.8) is 0 Å². The van der Waals surface area contributed by atoms with Crippen molar-refractivity contribution >= 4 is 14.3 Å². The molecule has 0 unspecified atom stereocenters. The molecular formula is C16H24O3Si. The molecule has 0 bridgehead atoms. The summed E-state index contributed by atoms with van der Waals surface area (Å²) in [6.07, 6.45) is 3.39. The summed E-state index contributed by atoms with van der Waals surface area (Å²) in [7, 11) is -1.88. The van der Waals surface area contributed by atoms with E-state index in [4.69, 9.17) is 9.53 Å². The SMILES string of the molecule is CC(C)(C)[Si](C)(C)Oc1ccccc1CC=CC(=O)O. The van der Waals surface area contributed by atoms with Crippen LogP contribution in [0, 0.1) is 0 Å². The van der Waals surface area contributed by atoms with Crippen molar-refractivity contribution in [2.75, 3.05) is 0 Å². The first-order valence-electron chi connectivity index (χ1n) is 6.80. The summed E-state index contributed by atoms with van der Waals surface area (Å²) in [5.74, 6) is -0.0538. The lowest BCUT2D eigenvalue weighted by Gasteiger charge is -2.37. The van der Waals surface area contributed by atoms with Gasteiger partial charge in [-0.05, 0) is 36.2 Å². The van der Waals surface area contributed by atoms with Crippen LogP contribution in [0.4, 0.5) is 0 Å². The Morgan fingerprint density at radius 1 is 1.30 bits per heavy atom. The van der Waals surface area contributed by atoms with Gasteiger partial charge in [-0.25, -0.2) is 4.79 Å². The summed E-state index contributed by atoms with van der Waals surface area (Å²) < 4.78 is 6.31. The molecule has 0 aliphatic carbocycles. The molecule has 1 aromatic carbocycles. The van der Waals surface area contributed by atoms with E-state index in [2.05, 4.69) is 33.9 Å². The van der Waals surface area contributed by atoms with E-state index in [9.17, 15) is 4.79 Å². The van der Waals surface area contributed by atoms with Crippen LogP contribution < -0.4 is 4.43 Å². The Morgan fingerprint density at radius 2 is 1.90 bits per heavy atom. The molecular weight excluding hydrogens is 268 g/mol. The van der Waals surface area contributed by atoms with Gasteiger partial charge in [0.15, 0.2) is 0 Å². The summed E-state index contributed by atoms with van der Waals surface area (Å²) in [6, 6.07) is 7.84. The summed E-state index contributed by atoms with van der Waals surface area (Å²) in [4.78, 5) is 10.5. The molecule has 3 nitrogen and oxygen atoms in total. The largest absolute Gasteiger partial charge is 0.543 e. The van der Waals surface area contributed by atoms with Crippen molar-refractivity contribution in [2.45, 2.75) is 45.3 Å². The second-order valence-corrected chi connectivity index (χ2v) is 11.1. The van der Waals surface area contributed by atoms with Crippen LogP contribution in [0.3, 0.4) is 0 Å². The molecule has 0 fully saturated rings. The number of allylic oxidation sites excluding steroid dienone is 1. The molecule has 110 valence electrons. The molecule has 0 aliphatic rings. The lowest BCUT2D eigenvalue weighted by Crippen LogP contribution is -2.44. The molecule has 0 aliphatic heterocycles. The maximum absolute atomic E-state index is 10.5.